The number of alkyl halides is 4. The van der Waals surface area contributed by atoms with Crippen molar-refractivity contribution in [3.05, 3.63) is 71.6 Å². The smallest absolute Gasteiger partial charge is 0.287 e. The van der Waals surface area contributed by atoms with Crippen LogP contribution in [0.25, 0.3) is 0 Å². The van der Waals surface area contributed by atoms with E-state index in [1.165, 1.54) is 0 Å². The van der Waals surface area contributed by atoms with Crippen molar-refractivity contribution in [3.63, 3.8) is 0 Å². The number of tetrazole rings is 1. The van der Waals surface area contributed by atoms with Gasteiger partial charge in [-0.2, -0.15) is 0 Å². The number of benzene rings is 2. The van der Waals surface area contributed by atoms with E-state index < -0.39 is 65.0 Å². The quantitative estimate of drug-likeness (QED) is 0.356. The zero-order valence-electron chi connectivity index (χ0n) is 19.9. The molecular formula is C25H24F6N4O3. The number of halogens is 6. The fraction of sp³-hybridized carbons (Fsp3) is 0.480. The lowest BCUT2D eigenvalue weighted by Crippen LogP contribution is -2.76. The van der Waals surface area contributed by atoms with Crippen LogP contribution in [0.5, 0.6) is 5.75 Å². The van der Waals surface area contributed by atoms with Gasteiger partial charge in [-0.1, -0.05) is 12.1 Å². The highest BCUT2D eigenvalue weighted by Gasteiger charge is 2.82. The largest absolute Gasteiger partial charge is 0.491 e. The van der Waals surface area contributed by atoms with E-state index in [2.05, 4.69) is 15.5 Å². The molecule has 204 valence electrons. The van der Waals surface area contributed by atoms with E-state index in [-0.39, 0.29) is 25.9 Å². The van der Waals surface area contributed by atoms with E-state index in [9.17, 15) is 27.8 Å². The number of hydrogen-bond acceptors (Lipinski definition) is 6. The van der Waals surface area contributed by atoms with Gasteiger partial charge in [0.15, 0.2) is 5.60 Å². The van der Waals surface area contributed by atoms with E-state index >= 15 is 8.78 Å². The number of aliphatic hydroxyl groups excluding tert-OH is 1. The summed E-state index contributed by atoms with van der Waals surface area (Å²) < 4.78 is 91.6. The predicted molar refractivity (Wildman–Crippen MR) is 120 cm³/mol. The second-order valence-corrected chi connectivity index (χ2v) is 10.3. The van der Waals surface area contributed by atoms with Gasteiger partial charge in [0.2, 0.25) is 6.43 Å². The summed E-state index contributed by atoms with van der Waals surface area (Å²) in [5.74, 6) is -5.79. The summed E-state index contributed by atoms with van der Waals surface area (Å²) in [7, 11) is 0. The Morgan fingerprint density at radius 1 is 1.05 bits per heavy atom. The van der Waals surface area contributed by atoms with Gasteiger partial charge in [0.05, 0.1) is 12.6 Å². The van der Waals surface area contributed by atoms with Crippen molar-refractivity contribution >= 4 is 0 Å². The molecule has 0 saturated heterocycles. The molecule has 2 atom stereocenters. The Morgan fingerprint density at radius 2 is 1.74 bits per heavy atom. The average molecular weight is 542 g/mol. The zero-order valence-corrected chi connectivity index (χ0v) is 19.9. The van der Waals surface area contributed by atoms with Gasteiger partial charge in [-0.05, 0) is 64.9 Å². The standard InChI is InChI=1S/C25H24F6N4O3/c26-16-3-6-19(20(27)7-16)24(37,13-35-14-32-33-34-35)25(30,31)23-10-22(11-23,12-23)15-1-4-18(5-2-15)38-9-17(36)8-21(28)29/h1-7,14,17,21,36-37H,8-13H2/t17-,22?,23?,24+/m1/s1. The first kappa shape index (κ1) is 26.4. The Morgan fingerprint density at radius 3 is 2.32 bits per heavy atom. The minimum absolute atomic E-state index is 0.0149. The number of aromatic nitrogens is 4. The van der Waals surface area contributed by atoms with Crippen molar-refractivity contribution in [3.8, 4) is 5.75 Å². The summed E-state index contributed by atoms with van der Waals surface area (Å²) in [6.07, 6.45) is -3.63. The molecule has 3 aliphatic rings. The summed E-state index contributed by atoms with van der Waals surface area (Å²) in [5.41, 5.74) is -5.27. The maximum atomic E-state index is 16.2. The molecule has 1 aromatic heterocycles. The summed E-state index contributed by atoms with van der Waals surface area (Å²) in [4.78, 5) is 0. The average Bonchev–Trinajstić information content (AvgIpc) is 3.28. The van der Waals surface area contributed by atoms with Crippen LogP contribution in [-0.4, -0.2) is 55.5 Å². The van der Waals surface area contributed by atoms with Crippen molar-refractivity contribution in [1.82, 2.24) is 20.2 Å². The molecule has 3 aliphatic carbocycles. The highest BCUT2D eigenvalue weighted by atomic mass is 19.3. The van der Waals surface area contributed by atoms with Gasteiger partial charge in [-0.15, -0.1) is 5.10 Å². The Kier molecular flexibility index (Phi) is 6.41. The van der Waals surface area contributed by atoms with E-state index in [1.54, 1.807) is 24.3 Å². The molecule has 2 bridgehead atoms. The number of nitrogens with zero attached hydrogens (tertiary/aromatic N) is 4. The SMILES string of the molecule is O[C@@H](COc1ccc(C23CC(C(F)(F)[C@](O)(Cn4cnnn4)c4ccc(F)cc4F)(C2)C3)cc1)CC(F)F. The highest BCUT2D eigenvalue weighted by Crippen LogP contribution is 2.80. The van der Waals surface area contributed by atoms with Gasteiger partial charge in [-0.3, -0.25) is 0 Å². The van der Waals surface area contributed by atoms with Crippen LogP contribution in [0.1, 0.15) is 36.8 Å². The number of aliphatic hydroxyl groups is 2. The number of ether oxygens (including phenoxy) is 1. The molecule has 38 heavy (non-hydrogen) atoms. The van der Waals surface area contributed by atoms with Gasteiger partial charge in [-0.25, -0.2) is 31.0 Å². The highest BCUT2D eigenvalue weighted by molar-refractivity contribution is 5.44. The molecule has 0 amide bonds. The number of hydrogen-bond donors (Lipinski definition) is 2. The second-order valence-electron chi connectivity index (χ2n) is 10.3. The zero-order chi connectivity index (χ0) is 27.3. The van der Waals surface area contributed by atoms with Crippen molar-refractivity contribution in [2.75, 3.05) is 6.61 Å². The second kappa shape index (κ2) is 9.23. The van der Waals surface area contributed by atoms with Crippen LogP contribution in [0.15, 0.2) is 48.8 Å². The van der Waals surface area contributed by atoms with Crippen molar-refractivity contribution in [1.29, 1.82) is 0 Å². The lowest BCUT2D eigenvalue weighted by Gasteiger charge is -2.74. The topological polar surface area (TPSA) is 93.3 Å². The Balaban J connectivity index is 1.33. The predicted octanol–water partition coefficient (Wildman–Crippen LogP) is 3.99. The minimum Gasteiger partial charge on any atom is -0.491 e. The van der Waals surface area contributed by atoms with E-state index in [4.69, 9.17) is 4.74 Å². The molecule has 3 fully saturated rings. The third kappa shape index (κ3) is 4.21. The van der Waals surface area contributed by atoms with Crippen molar-refractivity contribution in [2.45, 2.75) is 61.7 Å². The molecule has 13 heteroatoms. The van der Waals surface area contributed by atoms with Crippen LogP contribution < -0.4 is 4.74 Å². The summed E-state index contributed by atoms with van der Waals surface area (Å²) in [6, 6.07) is 8.55. The molecule has 6 rings (SSSR count). The summed E-state index contributed by atoms with van der Waals surface area (Å²) >= 11 is 0. The molecule has 2 N–H and O–H groups in total. The van der Waals surface area contributed by atoms with Crippen LogP contribution in [0.4, 0.5) is 26.3 Å². The Labute approximate surface area is 213 Å². The maximum absolute atomic E-state index is 16.2. The normalized spacial score (nSPS) is 24.9. The minimum atomic E-state index is -3.84. The van der Waals surface area contributed by atoms with Crippen LogP contribution in [-0.2, 0) is 17.6 Å². The van der Waals surface area contributed by atoms with Gasteiger partial charge in [0.25, 0.3) is 5.92 Å². The van der Waals surface area contributed by atoms with Crippen LogP contribution in [0.3, 0.4) is 0 Å². The van der Waals surface area contributed by atoms with Crippen molar-refractivity contribution in [2.24, 2.45) is 5.41 Å². The first-order chi connectivity index (χ1) is 17.9. The molecule has 2 aromatic carbocycles. The molecule has 3 aromatic rings. The van der Waals surface area contributed by atoms with Gasteiger partial charge in [0, 0.05) is 23.5 Å². The molecule has 0 unspecified atom stereocenters. The van der Waals surface area contributed by atoms with Gasteiger partial charge >= 0.3 is 0 Å². The van der Waals surface area contributed by atoms with Crippen LogP contribution in [0, 0.1) is 17.0 Å². The molecule has 3 saturated carbocycles. The van der Waals surface area contributed by atoms with E-state index in [1.807, 2.05) is 0 Å². The molecular weight excluding hydrogens is 518 g/mol. The first-order valence-electron chi connectivity index (χ1n) is 11.9. The number of rotatable bonds is 11. The lowest BCUT2D eigenvalue weighted by atomic mass is 9.30. The molecule has 7 nitrogen and oxygen atoms in total. The Hall–Kier alpha value is -3.19. The first-order valence-corrected chi connectivity index (χ1v) is 11.9. The third-order valence-corrected chi connectivity index (χ3v) is 7.73. The monoisotopic (exact) mass is 542 g/mol. The van der Waals surface area contributed by atoms with Gasteiger partial charge in [0.1, 0.15) is 30.3 Å². The fourth-order valence-electron chi connectivity index (χ4n) is 5.90. The van der Waals surface area contributed by atoms with Crippen LogP contribution >= 0.6 is 0 Å². The summed E-state index contributed by atoms with van der Waals surface area (Å²) in [6.45, 7) is -1.17. The Bertz CT molecular complexity index is 1270. The maximum Gasteiger partial charge on any atom is 0.287 e. The van der Waals surface area contributed by atoms with E-state index in [0.29, 0.717) is 11.8 Å². The van der Waals surface area contributed by atoms with Gasteiger partial charge < -0.3 is 14.9 Å². The lowest BCUT2D eigenvalue weighted by molar-refractivity contribution is -0.347. The third-order valence-electron chi connectivity index (χ3n) is 7.73. The van der Waals surface area contributed by atoms with E-state index in [0.717, 1.165) is 28.7 Å². The molecule has 0 radical (unpaired) electrons. The molecule has 0 spiro atoms. The molecule has 0 aliphatic heterocycles. The van der Waals surface area contributed by atoms with Crippen molar-refractivity contribution < 1.29 is 41.3 Å². The fourth-order valence-corrected chi connectivity index (χ4v) is 5.90. The van der Waals surface area contributed by atoms with Crippen LogP contribution in [0.2, 0.25) is 0 Å². The summed E-state index contributed by atoms with van der Waals surface area (Å²) in [5, 5.41) is 31.3. The molecule has 1 heterocycles.